The van der Waals surface area contributed by atoms with E-state index in [0.717, 1.165) is 54.4 Å². The number of benzene rings is 2. The number of ketones is 1. The van der Waals surface area contributed by atoms with Crippen LogP contribution in [0.3, 0.4) is 0 Å². The second kappa shape index (κ2) is 9.12. The molecule has 6 nitrogen and oxygen atoms in total. The van der Waals surface area contributed by atoms with Crippen LogP contribution in [0.5, 0.6) is 0 Å². The predicted octanol–water partition coefficient (Wildman–Crippen LogP) is 2.72. The number of Topliss-reactive ketones (excluding diaryl/α,β-unsaturated/α-hetero) is 1. The van der Waals surface area contributed by atoms with Crippen molar-refractivity contribution in [2.24, 2.45) is 0 Å². The van der Waals surface area contributed by atoms with E-state index in [0.29, 0.717) is 22.7 Å². The lowest BCUT2D eigenvalue weighted by Crippen LogP contribution is -2.35. The Bertz CT molecular complexity index is 1600. The molecule has 0 amide bonds. The number of hydrogen-bond acceptors (Lipinski definition) is 5. The summed E-state index contributed by atoms with van der Waals surface area (Å²) in [4.78, 5) is 15.9. The lowest BCUT2D eigenvalue weighted by Gasteiger charge is -2.27. The summed E-state index contributed by atoms with van der Waals surface area (Å²) in [6.45, 7) is 12.5. The van der Waals surface area contributed by atoms with E-state index in [9.17, 15) is 18.3 Å². The largest absolute Gasteiger partial charge is 0.506 e. The third-order valence-electron chi connectivity index (χ3n) is 7.98. The van der Waals surface area contributed by atoms with Gasteiger partial charge in [0.05, 0.1) is 16.9 Å². The van der Waals surface area contributed by atoms with Gasteiger partial charge in [-0.15, -0.1) is 0 Å². The fourth-order valence-electron chi connectivity index (χ4n) is 6.15. The minimum atomic E-state index is -3.35. The number of carbonyl (C=O) groups is 1. The smallest absolute Gasteiger partial charge is 0.203 e. The second-order valence-corrected chi connectivity index (χ2v) is 13.3. The van der Waals surface area contributed by atoms with Gasteiger partial charge < -0.3 is 10.0 Å². The molecule has 0 saturated heterocycles. The van der Waals surface area contributed by atoms with Crippen molar-refractivity contribution >= 4 is 32.5 Å². The van der Waals surface area contributed by atoms with E-state index in [1.54, 1.807) is 0 Å². The highest BCUT2D eigenvalue weighted by Crippen LogP contribution is 2.42. The number of aliphatic hydroxyl groups is 1. The molecule has 2 aromatic rings. The summed E-state index contributed by atoms with van der Waals surface area (Å²) in [7, 11) is -3.35. The van der Waals surface area contributed by atoms with E-state index in [2.05, 4.69) is 56.2 Å². The number of sulfone groups is 1. The predicted molar refractivity (Wildman–Crippen MR) is 149 cm³/mol. The van der Waals surface area contributed by atoms with Crippen molar-refractivity contribution in [1.82, 2.24) is 4.58 Å². The maximum absolute atomic E-state index is 13.7. The van der Waals surface area contributed by atoms with Crippen LogP contribution in [0.2, 0.25) is 0 Å². The number of anilines is 1. The van der Waals surface area contributed by atoms with Crippen LogP contribution in [0.1, 0.15) is 62.4 Å². The molecule has 0 atom stereocenters. The zero-order chi connectivity index (χ0) is 26.8. The molecule has 1 aliphatic carbocycles. The maximum atomic E-state index is 13.7. The van der Waals surface area contributed by atoms with Crippen molar-refractivity contribution in [3.63, 3.8) is 0 Å². The minimum Gasteiger partial charge on any atom is -0.506 e. The van der Waals surface area contributed by atoms with Gasteiger partial charge in [0.25, 0.3) is 0 Å². The van der Waals surface area contributed by atoms with Gasteiger partial charge in [0, 0.05) is 42.6 Å². The molecule has 0 bridgehead atoms. The Morgan fingerprint density at radius 1 is 1.00 bits per heavy atom. The van der Waals surface area contributed by atoms with Crippen LogP contribution in [0.25, 0.3) is 11.1 Å². The van der Waals surface area contributed by atoms with Gasteiger partial charge in [-0.05, 0) is 86.2 Å². The average molecular weight is 522 g/mol. The number of aliphatic hydroxyl groups excluding tert-OH is 1. The fourth-order valence-corrected chi connectivity index (χ4v) is 6.95. The summed E-state index contributed by atoms with van der Waals surface area (Å²) in [5.41, 5.74) is 6.06. The van der Waals surface area contributed by atoms with Crippen molar-refractivity contribution < 1.29 is 18.3 Å². The molecule has 0 unspecified atom stereocenters. The molecule has 0 spiro atoms. The zero-order valence-corrected chi connectivity index (χ0v) is 23.5. The molecule has 0 aromatic heterocycles. The number of allylic oxidation sites excluding steroid dienone is 2. The summed E-state index contributed by atoms with van der Waals surface area (Å²) in [5, 5.41) is 13.3. The summed E-state index contributed by atoms with van der Waals surface area (Å²) < 4.78 is 27.0. The first-order valence-electron chi connectivity index (χ1n) is 13.3. The third-order valence-corrected chi connectivity index (χ3v) is 8.82. The lowest BCUT2D eigenvalue weighted by atomic mass is 9.79. The Balaban J connectivity index is 1.71. The van der Waals surface area contributed by atoms with Crippen LogP contribution >= 0.6 is 0 Å². The lowest BCUT2D eigenvalue weighted by molar-refractivity contribution is -0.109. The van der Waals surface area contributed by atoms with Gasteiger partial charge in [0.1, 0.15) is 18.3 Å². The van der Waals surface area contributed by atoms with Crippen LogP contribution in [-0.4, -0.2) is 50.7 Å². The molecule has 3 aliphatic rings. The minimum absolute atomic E-state index is 0.0215. The number of aryl methyl sites for hydroxylation is 1. The van der Waals surface area contributed by atoms with Gasteiger partial charge in [-0.2, -0.15) is 0 Å². The molecule has 0 radical (unpaired) electrons. The number of nitrogens with zero attached hydrogens (tertiary/aromatic N) is 2. The first kappa shape index (κ1) is 25.7. The molecule has 2 aliphatic heterocycles. The zero-order valence-electron chi connectivity index (χ0n) is 22.7. The fraction of sp³-hybridized carbons (Fsp3) is 0.467. The number of carbonyl (C=O) groups excluding carboxylic acids is 1. The monoisotopic (exact) mass is 521 g/mol. The van der Waals surface area contributed by atoms with Crippen molar-refractivity contribution in [3.8, 4) is 0 Å². The van der Waals surface area contributed by atoms with Crippen molar-refractivity contribution in [3.05, 3.63) is 68.4 Å². The average Bonchev–Trinajstić information content (AvgIpc) is 3.41. The summed E-state index contributed by atoms with van der Waals surface area (Å²) in [6, 6.07) is 8.79. The SMILES string of the molecule is CCc1cc2c(cc1=C1C(=O)C(c3cc4c(cc3CS(C)(=O)=O)N(C(C)C)CC4)=C1O)CC[N+]=2C(C)C. The Kier molecular flexibility index (Phi) is 6.34. The van der Waals surface area contributed by atoms with Crippen molar-refractivity contribution in [1.29, 1.82) is 0 Å². The molecule has 0 saturated carbocycles. The number of hydrogen-bond donors (Lipinski definition) is 1. The van der Waals surface area contributed by atoms with E-state index in [4.69, 9.17) is 0 Å². The maximum Gasteiger partial charge on any atom is 0.203 e. The molecule has 2 heterocycles. The van der Waals surface area contributed by atoms with Gasteiger partial charge in [-0.25, -0.2) is 13.0 Å². The highest BCUT2D eigenvalue weighted by molar-refractivity contribution is 7.89. The Morgan fingerprint density at radius 3 is 2.32 bits per heavy atom. The van der Waals surface area contributed by atoms with E-state index in [1.807, 2.05) is 12.1 Å². The summed E-state index contributed by atoms with van der Waals surface area (Å²) in [5.74, 6) is -0.406. The third kappa shape index (κ3) is 4.31. The van der Waals surface area contributed by atoms with Gasteiger partial charge >= 0.3 is 0 Å². The Hall–Kier alpha value is -2.93. The first-order chi connectivity index (χ1) is 17.4. The highest BCUT2D eigenvalue weighted by Gasteiger charge is 2.38. The van der Waals surface area contributed by atoms with Gasteiger partial charge in [0.15, 0.2) is 9.84 Å². The van der Waals surface area contributed by atoms with Crippen LogP contribution < -0.4 is 20.1 Å². The molecular weight excluding hydrogens is 484 g/mol. The van der Waals surface area contributed by atoms with Crippen molar-refractivity contribution in [2.75, 3.05) is 24.2 Å². The van der Waals surface area contributed by atoms with E-state index >= 15 is 0 Å². The molecule has 5 rings (SSSR count). The van der Waals surface area contributed by atoms with Gasteiger partial charge in [-0.1, -0.05) is 6.92 Å². The van der Waals surface area contributed by atoms with Crippen LogP contribution in [0.15, 0.2) is 30.0 Å². The first-order valence-corrected chi connectivity index (χ1v) is 15.4. The van der Waals surface area contributed by atoms with Gasteiger partial charge in [-0.3, -0.25) is 4.79 Å². The second-order valence-electron chi connectivity index (χ2n) is 11.2. The summed E-state index contributed by atoms with van der Waals surface area (Å²) >= 11 is 0. The van der Waals surface area contributed by atoms with E-state index in [1.165, 1.54) is 17.2 Å². The number of rotatable bonds is 6. The molecule has 0 fully saturated rings. The van der Waals surface area contributed by atoms with E-state index in [-0.39, 0.29) is 28.9 Å². The van der Waals surface area contributed by atoms with Crippen LogP contribution in [0.4, 0.5) is 5.69 Å². The van der Waals surface area contributed by atoms with Crippen LogP contribution in [0, 0.1) is 0 Å². The van der Waals surface area contributed by atoms with Crippen LogP contribution in [-0.2, 0) is 39.6 Å². The standard InChI is InChI=1S/C30H36N2O4S/c1-7-19-14-25-20(8-10-31(25)17(2)3)12-23(19)27-29(33)28(30(27)34)24-13-21-9-11-32(18(4)5)26(21)15-22(24)16-37(6,35)36/h12-15,17-18H,7-11,16H2,1-6H3/p+1. The topological polar surface area (TPSA) is 77.7 Å². The Labute approximate surface area is 219 Å². The molecular formula is C30H37N2O4S+. The van der Waals surface area contributed by atoms with Crippen molar-refractivity contribution in [2.45, 2.75) is 71.7 Å². The Morgan fingerprint density at radius 2 is 1.73 bits per heavy atom. The molecule has 7 heteroatoms. The quantitative estimate of drug-likeness (QED) is 0.592. The molecule has 196 valence electrons. The molecule has 2 aromatic carbocycles. The molecule has 1 N–H and O–H groups in total. The normalized spacial score (nSPS) is 18.8. The van der Waals surface area contributed by atoms with Gasteiger partial charge in [0.2, 0.25) is 11.1 Å². The highest BCUT2D eigenvalue weighted by atomic mass is 32.2. The molecule has 37 heavy (non-hydrogen) atoms. The summed E-state index contributed by atoms with van der Waals surface area (Å²) in [6.07, 6.45) is 3.70. The van der Waals surface area contributed by atoms with E-state index < -0.39 is 9.84 Å². The number of fused-ring (bicyclic) bond motifs is 2.